The van der Waals surface area contributed by atoms with Gasteiger partial charge in [-0.25, -0.2) is 0 Å². The highest BCUT2D eigenvalue weighted by atomic mass is 16.2. The molecule has 2 N–H and O–H groups in total. The lowest BCUT2D eigenvalue weighted by Gasteiger charge is -2.00. The molecule has 0 aliphatic heterocycles. The molecule has 1 aromatic heterocycles. The number of carbonyl (C=O) groups is 2. The summed E-state index contributed by atoms with van der Waals surface area (Å²) in [6, 6.07) is 10.5. The highest BCUT2D eigenvalue weighted by Crippen LogP contribution is 2.09. The van der Waals surface area contributed by atoms with Crippen molar-refractivity contribution < 1.29 is 14.2 Å². The number of benzene rings is 1. The second-order valence-electron chi connectivity index (χ2n) is 4.43. The maximum Gasteiger partial charge on any atom is 0.493 e. The van der Waals surface area contributed by atoms with Crippen LogP contribution in [0, 0.1) is 6.92 Å². The van der Waals surface area contributed by atoms with E-state index in [4.69, 9.17) is 5.73 Å². The minimum absolute atomic E-state index is 0.498. The van der Waals surface area contributed by atoms with Gasteiger partial charge in [-0.2, -0.15) is 9.36 Å². The lowest BCUT2D eigenvalue weighted by molar-refractivity contribution is -0.576. The lowest BCUT2D eigenvalue weighted by atomic mass is 10.1. The molecule has 0 radical (unpaired) electrons. The maximum atomic E-state index is 11.1. The van der Waals surface area contributed by atoms with Crippen molar-refractivity contribution in [1.82, 2.24) is 0 Å². The maximum absolute atomic E-state index is 11.1. The van der Waals surface area contributed by atoms with Gasteiger partial charge in [0, 0.05) is 5.56 Å². The summed E-state index contributed by atoms with van der Waals surface area (Å²) in [5, 5.41) is 0. The largest absolute Gasteiger partial charge is 0.493 e. The van der Waals surface area contributed by atoms with Crippen molar-refractivity contribution in [2.75, 3.05) is 0 Å². The molecule has 0 fully saturated rings. The summed E-state index contributed by atoms with van der Waals surface area (Å²) >= 11 is 0. The Bertz CT molecular complexity index is 673. The second-order valence-corrected chi connectivity index (χ2v) is 4.43. The zero-order valence-corrected chi connectivity index (χ0v) is 11.1. The number of nitrogens with two attached hydrogens (primary N) is 1. The van der Waals surface area contributed by atoms with Crippen LogP contribution in [0.15, 0.2) is 42.6 Å². The Morgan fingerprint density at radius 1 is 1.05 bits per heavy atom. The van der Waals surface area contributed by atoms with Crippen molar-refractivity contribution in [3.05, 3.63) is 65.0 Å². The fraction of sp³-hybridized carbons (Fsp3) is 0.0625. The molecule has 100 valence electrons. The quantitative estimate of drug-likeness (QED) is 0.684. The third-order valence-corrected chi connectivity index (χ3v) is 2.95. The van der Waals surface area contributed by atoms with Crippen LogP contribution < -0.4 is 10.3 Å². The number of amides is 1. The smallest absolute Gasteiger partial charge is 0.298 e. The van der Waals surface area contributed by atoms with Gasteiger partial charge < -0.3 is 0 Å². The summed E-state index contributed by atoms with van der Waals surface area (Å²) in [7, 11) is 0. The van der Waals surface area contributed by atoms with Gasteiger partial charge in [0.2, 0.25) is 0 Å². The van der Waals surface area contributed by atoms with E-state index in [-0.39, 0.29) is 0 Å². The highest BCUT2D eigenvalue weighted by Gasteiger charge is 2.08. The second kappa shape index (κ2) is 5.93. The van der Waals surface area contributed by atoms with Gasteiger partial charge in [-0.15, -0.1) is 0 Å². The first-order valence-electron chi connectivity index (χ1n) is 6.15. The van der Waals surface area contributed by atoms with E-state index in [1.54, 1.807) is 18.3 Å². The molecule has 4 heteroatoms. The Labute approximate surface area is 117 Å². The average molecular weight is 267 g/mol. The van der Waals surface area contributed by atoms with Crippen LogP contribution in [0.4, 0.5) is 4.79 Å². The van der Waals surface area contributed by atoms with Gasteiger partial charge in [0.15, 0.2) is 0 Å². The molecule has 0 aliphatic carbocycles. The van der Waals surface area contributed by atoms with Crippen molar-refractivity contribution in [3.63, 3.8) is 0 Å². The van der Waals surface area contributed by atoms with Gasteiger partial charge >= 0.3 is 6.03 Å². The first-order valence-corrected chi connectivity index (χ1v) is 6.15. The fourth-order valence-electron chi connectivity index (χ4n) is 1.87. The number of hydrogen-bond donors (Lipinski definition) is 1. The van der Waals surface area contributed by atoms with Crippen LogP contribution in [0.25, 0.3) is 12.2 Å². The molecule has 0 bridgehead atoms. The van der Waals surface area contributed by atoms with Crippen LogP contribution in [0.2, 0.25) is 0 Å². The zero-order chi connectivity index (χ0) is 14.5. The predicted octanol–water partition coefficient (Wildman–Crippen LogP) is 2.19. The topological polar surface area (TPSA) is 64.0 Å². The van der Waals surface area contributed by atoms with Crippen molar-refractivity contribution >= 4 is 24.5 Å². The normalized spacial score (nSPS) is 10.7. The minimum atomic E-state index is -0.498. The average Bonchev–Trinajstić information content (AvgIpc) is 2.45. The van der Waals surface area contributed by atoms with Gasteiger partial charge in [0.25, 0.3) is 0 Å². The van der Waals surface area contributed by atoms with Crippen molar-refractivity contribution in [2.45, 2.75) is 6.92 Å². The van der Waals surface area contributed by atoms with E-state index in [0.717, 1.165) is 23.1 Å². The van der Waals surface area contributed by atoms with Gasteiger partial charge in [-0.05, 0) is 30.2 Å². The minimum Gasteiger partial charge on any atom is -0.298 e. The van der Waals surface area contributed by atoms with Crippen LogP contribution in [-0.4, -0.2) is 12.3 Å². The SMILES string of the molecule is Cc1cc(C=Cc2ccc(C=O)cc2)cc[n+]1C(N)=O. The first-order chi connectivity index (χ1) is 9.60. The molecule has 0 aliphatic rings. The van der Waals surface area contributed by atoms with E-state index >= 15 is 0 Å². The Kier molecular flexibility index (Phi) is 4.05. The molecule has 2 aromatic rings. The number of aryl methyl sites for hydroxylation is 1. The molecule has 2 rings (SSSR count). The summed E-state index contributed by atoms with van der Waals surface area (Å²) in [5.74, 6) is 0. The molecule has 0 saturated carbocycles. The summed E-state index contributed by atoms with van der Waals surface area (Å²) in [6.45, 7) is 1.82. The number of primary amides is 1. The Hall–Kier alpha value is -2.75. The van der Waals surface area contributed by atoms with Gasteiger partial charge in [-0.1, -0.05) is 36.4 Å². The van der Waals surface area contributed by atoms with Crippen LogP contribution >= 0.6 is 0 Å². The van der Waals surface area contributed by atoms with Crippen molar-refractivity contribution in [2.24, 2.45) is 5.73 Å². The first kappa shape index (κ1) is 13.7. The Balaban J connectivity index is 2.20. The third-order valence-electron chi connectivity index (χ3n) is 2.95. The molecule has 0 spiro atoms. The number of carbonyl (C=O) groups excluding carboxylic acids is 2. The van der Waals surface area contributed by atoms with E-state index in [0.29, 0.717) is 5.56 Å². The molecule has 1 amide bonds. The monoisotopic (exact) mass is 267 g/mol. The number of aromatic nitrogens is 1. The van der Waals surface area contributed by atoms with Crippen molar-refractivity contribution in [1.29, 1.82) is 0 Å². The number of hydrogen-bond acceptors (Lipinski definition) is 2. The summed E-state index contributed by atoms with van der Waals surface area (Å²) in [5.41, 5.74) is 8.63. The van der Waals surface area contributed by atoms with E-state index in [2.05, 4.69) is 0 Å². The molecule has 0 unspecified atom stereocenters. The van der Waals surface area contributed by atoms with Crippen LogP contribution in [0.3, 0.4) is 0 Å². The molecule has 4 nitrogen and oxygen atoms in total. The van der Waals surface area contributed by atoms with Gasteiger partial charge in [-0.3, -0.25) is 10.5 Å². The van der Waals surface area contributed by atoms with E-state index in [1.807, 2.05) is 43.3 Å². The number of rotatable bonds is 3. The Morgan fingerprint density at radius 3 is 2.20 bits per heavy atom. The van der Waals surface area contributed by atoms with E-state index in [1.165, 1.54) is 4.57 Å². The molecule has 0 saturated heterocycles. The van der Waals surface area contributed by atoms with Crippen LogP contribution in [-0.2, 0) is 0 Å². The molecule has 20 heavy (non-hydrogen) atoms. The zero-order valence-electron chi connectivity index (χ0n) is 11.1. The summed E-state index contributed by atoms with van der Waals surface area (Å²) in [4.78, 5) is 21.7. The van der Waals surface area contributed by atoms with E-state index in [9.17, 15) is 9.59 Å². The molecule has 1 heterocycles. The highest BCUT2D eigenvalue weighted by molar-refractivity contribution is 5.76. The standard InChI is InChI=1S/C16H14N2O2/c1-12-10-14(8-9-18(12)16(17)20)5-2-13-3-6-15(11-19)7-4-13/h2-11H,1H3,(H-,17,20)/p+1. The van der Waals surface area contributed by atoms with Gasteiger partial charge in [0.1, 0.15) is 18.2 Å². The molecule has 1 aromatic carbocycles. The third kappa shape index (κ3) is 3.17. The van der Waals surface area contributed by atoms with Gasteiger partial charge in [0.05, 0.1) is 0 Å². The van der Waals surface area contributed by atoms with Crippen LogP contribution in [0.5, 0.6) is 0 Å². The van der Waals surface area contributed by atoms with E-state index < -0.39 is 6.03 Å². The lowest BCUT2D eigenvalue weighted by Crippen LogP contribution is -2.49. The summed E-state index contributed by atoms with van der Waals surface area (Å²) < 4.78 is 1.39. The molecular weight excluding hydrogens is 252 g/mol. The molecule has 0 atom stereocenters. The Morgan fingerprint density at radius 2 is 1.65 bits per heavy atom. The molecular formula is C16H15N2O2+. The number of aldehydes is 1. The number of pyridine rings is 1. The van der Waals surface area contributed by atoms with Crippen molar-refractivity contribution in [3.8, 4) is 0 Å². The van der Waals surface area contributed by atoms with Crippen LogP contribution in [0.1, 0.15) is 27.2 Å². The number of nitrogens with zero attached hydrogens (tertiary/aromatic N) is 1. The fourth-order valence-corrected chi connectivity index (χ4v) is 1.87. The predicted molar refractivity (Wildman–Crippen MR) is 77.1 cm³/mol. The summed E-state index contributed by atoms with van der Waals surface area (Å²) in [6.07, 6.45) is 6.34.